The van der Waals surface area contributed by atoms with Gasteiger partial charge < -0.3 is 19.9 Å². The zero-order chi connectivity index (χ0) is 20.8. The maximum absolute atomic E-state index is 12.8. The number of para-hydroxylation sites is 2. The predicted molar refractivity (Wildman–Crippen MR) is 116 cm³/mol. The van der Waals surface area contributed by atoms with Gasteiger partial charge in [0.25, 0.3) is 0 Å². The summed E-state index contributed by atoms with van der Waals surface area (Å²) >= 11 is 0. The summed E-state index contributed by atoms with van der Waals surface area (Å²) in [4.78, 5) is 28.9. The first-order valence-electron chi connectivity index (χ1n) is 10.2. The number of nitrogens with one attached hydrogen (secondary N) is 1. The Labute approximate surface area is 172 Å². The minimum atomic E-state index is -0.464. The van der Waals surface area contributed by atoms with Crippen LogP contribution in [0.15, 0.2) is 42.5 Å². The van der Waals surface area contributed by atoms with E-state index in [1.807, 2.05) is 0 Å². The average Bonchev–Trinajstić information content (AvgIpc) is 2.78. The normalized spacial score (nSPS) is 13.9. The summed E-state index contributed by atoms with van der Waals surface area (Å²) in [5.41, 5.74) is 4.86. The molecule has 0 unspecified atom stereocenters. The number of piperazine rings is 1. The van der Waals surface area contributed by atoms with Gasteiger partial charge in [-0.3, -0.25) is 0 Å². The fourth-order valence-corrected chi connectivity index (χ4v) is 3.83. The van der Waals surface area contributed by atoms with Crippen LogP contribution in [0, 0.1) is 0 Å². The van der Waals surface area contributed by atoms with E-state index in [9.17, 15) is 9.59 Å². The highest BCUT2D eigenvalue weighted by atomic mass is 16.5. The lowest BCUT2D eigenvalue weighted by Gasteiger charge is -2.38. The SMILES string of the molecule is CCc1cccc(CC)c1N1CCN(C(=O)Nc2ccccc2C(=O)OC)CC1. The van der Waals surface area contributed by atoms with Gasteiger partial charge in [-0.25, -0.2) is 9.59 Å². The highest BCUT2D eigenvalue weighted by molar-refractivity contribution is 6.00. The number of hydrogen-bond donors (Lipinski definition) is 1. The van der Waals surface area contributed by atoms with Crippen LogP contribution in [-0.2, 0) is 17.6 Å². The number of methoxy groups -OCH3 is 1. The second-order valence-electron chi connectivity index (χ2n) is 7.07. The lowest BCUT2D eigenvalue weighted by atomic mass is 10.0. The van der Waals surface area contributed by atoms with Crippen molar-refractivity contribution in [1.82, 2.24) is 4.90 Å². The third kappa shape index (κ3) is 4.53. The van der Waals surface area contributed by atoms with Crippen LogP contribution in [0.25, 0.3) is 0 Å². The largest absolute Gasteiger partial charge is 0.465 e. The summed E-state index contributed by atoms with van der Waals surface area (Å²) in [7, 11) is 1.33. The summed E-state index contributed by atoms with van der Waals surface area (Å²) in [5.74, 6) is -0.464. The second-order valence-corrected chi connectivity index (χ2v) is 7.07. The number of carbonyl (C=O) groups excluding carboxylic acids is 2. The number of carbonyl (C=O) groups is 2. The molecule has 154 valence electrons. The van der Waals surface area contributed by atoms with E-state index >= 15 is 0 Å². The molecule has 2 amide bonds. The molecule has 6 heteroatoms. The standard InChI is InChI=1S/C23H29N3O3/c1-4-17-9-8-10-18(5-2)21(17)25-13-15-26(16-14-25)23(28)24-20-12-7-6-11-19(20)22(27)29-3/h6-12H,4-5,13-16H2,1-3H3,(H,24,28). The lowest BCUT2D eigenvalue weighted by molar-refractivity contribution is 0.0602. The lowest BCUT2D eigenvalue weighted by Crippen LogP contribution is -2.50. The summed E-state index contributed by atoms with van der Waals surface area (Å²) in [6.45, 7) is 7.20. The summed E-state index contributed by atoms with van der Waals surface area (Å²) in [6.07, 6.45) is 1.99. The van der Waals surface area contributed by atoms with Gasteiger partial charge in [-0.15, -0.1) is 0 Å². The van der Waals surface area contributed by atoms with Crippen LogP contribution >= 0.6 is 0 Å². The zero-order valence-electron chi connectivity index (χ0n) is 17.4. The predicted octanol–water partition coefficient (Wildman–Crippen LogP) is 3.95. The van der Waals surface area contributed by atoms with Gasteiger partial charge >= 0.3 is 12.0 Å². The van der Waals surface area contributed by atoms with Gasteiger partial charge in [-0.1, -0.05) is 44.2 Å². The molecule has 0 radical (unpaired) electrons. The van der Waals surface area contributed by atoms with E-state index in [2.05, 4.69) is 42.3 Å². The molecule has 1 saturated heterocycles. The molecule has 1 aliphatic heterocycles. The Morgan fingerprint density at radius 1 is 0.931 bits per heavy atom. The molecule has 0 aliphatic carbocycles. The number of rotatable bonds is 5. The number of amides is 2. The van der Waals surface area contributed by atoms with Crippen molar-refractivity contribution in [3.63, 3.8) is 0 Å². The van der Waals surface area contributed by atoms with Crippen LogP contribution in [0.3, 0.4) is 0 Å². The Morgan fingerprint density at radius 3 is 2.14 bits per heavy atom. The highest BCUT2D eigenvalue weighted by Crippen LogP contribution is 2.28. The third-order valence-corrected chi connectivity index (χ3v) is 5.42. The van der Waals surface area contributed by atoms with E-state index in [0.29, 0.717) is 24.3 Å². The summed E-state index contributed by atoms with van der Waals surface area (Å²) < 4.78 is 4.80. The van der Waals surface area contributed by atoms with E-state index in [1.54, 1.807) is 29.2 Å². The number of urea groups is 1. The minimum absolute atomic E-state index is 0.194. The van der Waals surface area contributed by atoms with Crippen LogP contribution < -0.4 is 10.2 Å². The Bertz CT molecular complexity index is 851. The van der Waals surface area contributed by atoms with Gasteiger partial charge in [0.1, 0.15) is 0 Å². The molecule has 0 spiro atoms. The molecule has 2 aromatic carbocycles. The molecule has 1 N–H and O–H groups in total. The molecule has 1 fully saturated rings. The zero-order valence-corrected chi connectivity index (χ0v) is 17.4. The van der Waals surface area contributed by atoms with Crippen LogP contribution in [0.5, 0.6) is 0 Å². The molecular weight excluding hydrogens is 366 g/mol. The van der Waals surface area contributed by atoms with Crippen LogP contribution in [0.2, 0.25) is 0 Å². The van der Waals surface area contributed by atoms with E-state index in [1.165, 1.54) is 23.9 Å². The van der Waals surface area contributed by atoms with Gasteiger partial charge in [0, 0.05) is 31.9 Å². The molecule has 1 heterocycles. The van der Waals surface area contributed by atoms with Gasteiger partial charge in [-0.2, -0.15) is 0 Å². The van der Waals surface area contributed by atoms with Crippen molar-refractivity contribution in [2.24, 2.45) is 0 Å². The number of ether oxygens (including phenoxy) is 1. The first kappa shape index (κ1) is 20.7. The van der Waals surface area contributed by atoms with Gasteiger partial charge in [-0.05, 0) is 36.1 Å². The topological polar surface area (TPSA) is 61.9 Å². The molecule has 1 aliphatic rings. The molecule has 2 aromatic rings. The molecule has 6 nitrogen and oxygen atoms in total. The van der Waals surface area contributed by atoms with Crippen molar-refractivity contribution in [2.45, 2.75) is 26.7 Å². The summed E-state index contributed by atoms with van der Waals surface area (Å²) in [6, 6.07) is 13.2. The maximum Gasteiger partial charge on any atom is 0.339 e. The van der Waals surface area contributed by atoms with Crippen molar-refractivity contribution >= 4 is 23.4 Å². The molecule has 0 saturated carbocycles. The molecule has 3 rings (SSSR count). The van der Waals surface area contributed by atoms with E-state index < -0.39 is 5.97 Å². The van der Waals surface area contributed by atoms with Gasteiger partial charge in [0.05, 0.1) is 18.4 Å². The van der Waals surface area contributed by atoms with Crippen molar-refractivity contribution in [1.29, 1.82) is 0 Å². The molecule has 0 bridgehead atoms. The minimum Gasteiger partial charge on any atom is -0.465 e. The Hall–Kier alpha value is -3.02. The quantitative estimate of drug-likeness (QED) is 0.779. The van der Waals surface area contributed by atoms with Crippen molar-refractivity contribution < 1.29 is 14.3 Å². The Morgan fingerprint density at radius 2 is 1.55 bits per heavy atom. The highest BCUT2D eigenvalue weighted by Gasteiger charge is 2.24. The maximum atomic E-state index is 12.8. The van der Waals surface area contributed by atoms with Crippen molar-refractivity contribution in [3.8, 4) is 0 Å². The van der Waals surface area contributed by atoms with Crippen molar-refractivity contribution in [3.05, 3.63) is 59.2 Å². The number of nitrogens with zero attached hydrogens (tertiary/aromatic N) is 2. The van der Waals surface area contributed by atoms with E-state index in [4.69, 9.17) is 4.74 Å². The van der Waals surface area contributed by atoms with Gasteiger partial charge in [0.2, 0.25) is 0 Å². The fourth-order valence-electron chi connectivity index (χ4n) is 3.83. The number of aryl methyl sites for hydroxylation is 2. The second kappa shape index (κ2) is 9.45. The van der Waals surface area contributed by atoms with E-state index in [0.717, 1.165) is 25.9 Å². The summed E-state index contributed by atoms with van der Waals surface area (Å²) in [5, 5.41) is 2.86. The first-order valence-corrected chi connectivity index (χ1v) is 10.2. The smallest absolute Gasteiger partial charge is 0.339 e. The Balaban J connectivity index is 1.68. The molecule has 29 heavy (non-hydrogen) atoms. The fraction of sp³-hybridized carbons (Fsp3) is 0.391. The van der Waals surface area contributed by atoms with Crippen molar-refractivity contribution in [2.75, 3.05) is 43.5 Å². The third-order valence-electron chi connectivity index (χ3n) is 5.42. The van der Waals surface area contributed by atoms with Crippen LogP contribution in [0.4, 0.5) is 16.2 Å². The van der Waals surface area contributed by atoms with Crippen LogP contribution in [-0.4, -0.2) is 50.2 Å². The first-order chi connectivity index (χ1) is 14.1. The molecular formula is C23H29N3O3. The monoisotopic (exact) mass is 395 g/mol. The molecule has 0 atom stereocenters. The average molecular weight is 396 g/mol. The number of esters is 1. The number of hydrogen-bond acceptors (Lipinski definition) is 4. The Kier molecular flexibility index (Phi) is 6.75. The van der Waals surface area contributed by atoms with E-state index in [-0.39, 0.29) is 6.03 Å². The number of benzene rings is 2. The van der Waals surface area contributed by atoms with Gasteiger partial charge in [0.15, 0.2) is 0 Å². The van der Waals surface area contributed by atoms with Crippen LogP contribution in [0.1, 0.15) is 35.3 Å². The number of anilines is 2. The molecule has 0 aromatic heterocycles.